The molecule has 17 heavy (non-hydrogen) atoms. The third-order valence-electron chi connectivity index (χ3n) is 3.54. The minimum atomic E-state index is 0.613. The van der Waals surface area contributed by atoms with Crippen LogP contribution in [0.3, 0.4) is 0 Å². The monoisotopic (exact) mass is 230 g/mol. The fourth-order valence-corrected chi connectivity index (χ4v) is 2.05. The lowest BCUT2D eigenvalue weighted by molar-refractivity contribution is 0.278. The number of likely N-dealkylation sites (N-methyl/N-ethyl adjacent to an activating group) is 1. The van der Waals surface area contributed by atoms with Crippen molar-refractivity contribution in [3.63, 3.8) is 0 Å². The second-order valence-corrected chi connectivity index (χ2v) is 5.19. The van der Waals surface area contributed by atoms with Crippen molar-refractivity contribution in [2.75, 3.05) is 13.6 Å². The topological polar surface area (TPSA) is 19.0 Å². The number of aromatic nitrogens is 1. The molecule has 0 aliphatic heterocycles. The first-order valence-corrected chi connectivity index (χ1v) is 6.35. The molecule has 1 aromatic heterocycles. The Labute approximate surface area is 104 Å². The van der Waals surface area contributed by atoms with Gasteiger partial charge in [0.1, 0.15) is 0 Å². The molecule has 2 rings (SSSR count). The van der Waals surface area contributed by atoms with E-state index in [2.05, 4.69) is 62.1 Å². The van der Waals surface area contributed by atoms with E-state index in [0.717, 1.165) is 13.0 Å². The Balaban J connectivity index is 2.16. The summed E-state index contributed by atoms with van der Waals surface area (Å²) in [5.41, 5.74) is 4.00. The highest BCUT2D eigenvalue weighted by atomic mass is 15.1. The fraction of sp³-hybridized carbons (Fsp3) is 0.467. The van der Waals surface area contributed by atoms with Crippen LogP contribution in [0.4, 0.5) is 0 Å². The lowest BCUT2D eigenvalue weighted by Gasteiger charge is -2.20. The van der Waals surface area contributed by atoms with E-state index in [1.165, 1.54) is 22.0 Å². The molecule has 0 unspecified atom stereocenters. The number of nitrogens with zero attached hydrogens (tertiary/aromatic N) is 1. The van der Waals surface area contributed by atoms with Crippen LogP contribution in [0.2, 0.25) is 0 Å². The average molecular weight is 230 g/mol. The third kappa shape index (κ3) is 2.70. The van der Waals surface area contributed by atoms with Gasteiger partial charge in [-0.3, -0.25) is 0 Å². The molecule has 0 saturated heterocycles. The minimum absolute atomic E-state index is 0.613. The van der Waals surface area contributed by atoms with Gasteiger partial charge in [-0.2, -0.15) is 0 Å². The Kier molecular flexibility index (Phi) is 3.53. The van der Waals surface area contributed by atoms with Gasteiger partial charge in [0.05, 0.1) is 0 Å². The van der Waals surface area contributed by atoms with Gasteiger partial charge in [-0.05, 0) is 51.9 Å². The zero-order valence-electron chi connectivity index (χ0n) is 11.2. The Hall–Kier alpha value is -1.28. The van der Waals surface area contributed by atoms with Gasteiger partial charge in [-0.25, -0.2) is 0 Å². The number of hydrogen-bond acceptors (Lipinski definition) is 1. The molecule has 1 N–H and O–H groups in total. The Bertz CT molecular complexity index is 497. The molecule has 0 spiro atoms. The quantitative estimate of drug-likeness (QED) is 0.853. The van der Waals surface area contributed by atoms with E-state index in [4.69, 9.17) is 0 Å². The van der Waals surface area contributed by atoms with Crippen molar-refractivity contribution in [1.29, 1.82) is 0 Å². The van der Waals surface area contributed by atoms with Crippen LogP contribution in [0.5, 0.6) is 0 Å². The van der Waals surface area contributed by atoms with Crippen molar-refractivity contribution in [1.82, 2.24) is 9.88 Å². The molecule has 2 heteroatoms. The van der Waals surface area contributed by atoms with Crippen LogP contribution < -0.4 is 0 Å². The second kappa shape index (κ2) is 4.92. The number of rotatable bonds is 4. The van der Waals surface area contributed by atoms with Crippen molar-refractivity contribution >= 4 is 10.9 Å². The molecular weight excluding hydrogens is 208 g/mol. The fourth-order valence-electron chi connectivity index (χ4n) is 2.05. The maximum absolute atomic E-state index is 3.35. The normalized spacial score (nSPS) is 11.9. The zero-order chi connectivity index (χ0) is 12.4. The molecule has 0 amide bonds. The molecule has 0 fully saturated rings. The number of benzene rings is 1. The van der Waals surface area contributed by atoms with Gasteiger partial charge in [0.2, 0.25) is 0 Å². The van der Waals surface area contributed by atoms with Crippen LogP contribution in [-0.2, 0) is 6.42 Å². The summed E-state index contributed by atoms with van der Waals surface area (Å²) in [6, 6.07) is 7.21. The molecule has 92 valence electrons. The van der Waals surface area contributed by atoms with Crippen LogP contribution >= 0.6 is 0 Å². The SMILES string of the molecule is Cc1ccc2[nH]cc(CCN(C)C(C)C)c2c1. The molecule has 0 saturated carbocycles. The number of nitrogens with one attached hydrogen (secondary N) is 1. The van der Waals surface area contributed by atoms with E-state index in [0.29, 0.717) is 6.04 Å². The van der Waals surface area contributed by atoms with Gasteiger partial charge in [-0.1, -0.05) is 11.6 Å². The summed E-state index contributed by atoms with van der Waals surface area (Å²) in [6.45, 7) is 7.73. The van der Waals surface area contributed by atoms with Crippen LogP contribution in [0, 0.1) is 6.92 Å². The number of aryl methyl sites for hydroxylation is 1. The first kappa shape index (κ1) is 12.2. The number of aromatic amines is 1. The molecule has 0 radical (unpaired) electrons. The predicted octanol–water partition coefficient (Wildman–Crippen LogP) is 3.36. The molecule has 1 aromatic carbocycles. The van der Waals surface area contributed by atoms with Gasteiger partial charge < -0.3 is 9.88 Å². The predicted molar refractivity (Wildman–Crippen MR) is 74.5 cm³/mol. The molecule has 0 atom stereocenters. The highest BCUT2D eigenvalue weighted by Gasteiger charge is 2.07. The van der Waals surface area contributed by atoms with Crippen LogP contribution in [0.1, 0.15) is 25.0 Å². The number of fused-ring (bicyclic) bond motifs is 1. The van der Waals surface area contributed by atoms with E-state index in [-0.39, 0.29) is 0 Å². The Morgan fingerprint density at radius 1 is 1.29 bits per heavy atom. The molecule has 0 aliphatic carbocycles. The number of H-pyrrole nitrogens is 1. The largest absolute Gasteiger partial charge is 0.361 e. The molecule has 2 aromatic rings. The summed E-state index contributed by atoms with van der Waals surface area (Å²) in [4.78, 5) is 5.73. The van der Waals surface area contributed by atoms with Crippen molar-refractivity contribution in [2.45, 2.75) is 33.2 Å². The Morgan fingerprint density at radius 2 is 2.06 bits per heavy atom. The van der Waals surface area contributed by atoms with Gasteiger partial charge >= 0.3 is 0 Å². The first-order valence-electron chi connectivity index (χ1n) is 6.35. The van der Waals surface area contributed by atoms with Crippen LogP contribution in [0.15, 0.2) is 24.4 Å². The lowest BCUT2D eigenvalue weighted by Crippen LogP contribution is -2.28. The summed E-state index contributed by atoms with van der Waals surface area (Å²) < 4.78 is 0. The van der Waals surface area contributed by atoms with E-state index >= 15 is 0 Å². The third-order valence-corrected chi connectivity index (χ3v) is 3.54. The molecule has 0 bridgehead atoms. The number of hydrogen-bond donors (Lipinski definition) is 1. The van der Waals surface area contributed by atoms with E-state index in [9.17, 15) is 0 Å². The summed E-state index contributed by atoms with van der Waals surface area (Å²) in [6.07, 6.45) is 3.26. The Morgan fingerprint density at radius 3 is 2.76 bits per heavy atom. The second-order valence-electron chi connectivity index (χ2n) is 5.19. The van der Waals surface area contributed by atoms with E-state index in [1.54, 1.807) is 0 Å². The van der Waals surface area contributed by atoms with Crippen LogP contribution in [0.25, 0.3) is 10.9 Å². The summed E-state index contributed by atoms with van der Waals surface area (Å²) >= 11 is 0. The van der Waals surface area contributed by atoms with Gasteiger partial charge in [-0.15, -0.1) is 0 Å². The summed E-state index contributed by atoms with van der Waals surface area (Å²) in [5.74, 6) is 0. The summed E-state index contributed by atoms with van der Waals surface area (Å²) in [7, 11) is 2.19. The van der Waals surface area contributed by atoms with Crippen LogP contribution in [-0.4, -0.2) is 29.5 Å². The smallest absolute Gasteiger partial charge is 0.0456 e. The highest BCUT2D eigenvalue weighted by molar-refractivity contribution is 5.83. The van der Waals surface area contributed by atoms with Crippen molar-refractivity contribution in [2.24, 2.45) is 0 Å². The zero-order valence-corrected chi connectivity index (χ0v) is 11.2. The highest BCUT2D eigenvalue weighted by Crippen LogP contribution is 2.20. The maximum Gasteiger partial charge on any atom is 0.0456 e. The molecular formula is C15H22N2. The molecule has 1 heterocycles. The van der Waals surface area contributed by atoms with Gasteiger partial charge in [0.15, 0.2) is 0 Å². The first-order chi connectivity index (χ1) is 8.08. The van der Waals surface area contributed by atoms with E-state index < -0.39 is 0 Å². The van der Waals surface area contributed by atoms with Crippen molar-refractivity contribution in [3.8, 4) is 0 Å². The minimum Gasteiger partial charge on any atom is -0.361 e. The van der Waals surface area contributed by atoms with Crippen molar-refractivity contribution in [3.05, 3.63) is 35.5 Å². The lowest BCUT2D eigenvalue weighted by atomic mass is 10.1. The van der Waals surface area contributed by atoms with E-state index in [1.807, 2.05) is 0 Å². The molecule has 0 aliphatic rings. The van der Waals surface area contributed by atoms with Gasteiger partial charge in [0.25, 0.3) is 0 Å². The van der Waals surface area contributed by atoms with Crippen molar-refractivity contribution < 1.29 is 0 Å². The average Bonchev–Trinajstić information content (AvgIpc) is 2.68. The maximum atomic E-state index is 3.35. The van der Waals surface area contributed by atoms with Gasteiger partial charge in [0, 0.05) is 29.7 Å². The molecule has 2 nitrogen and oxygen atoms in total. The standard InChI is InChI=1S/C15H22N2/c1-11(2)17(4)8-7-13-10-16-15-6-5-12(3)9-14(13)15/h5-6,9-11,16H,7-8H2,1-4H3. The summed E-state index contributed by atoms with van der Waals surface area (Å²) in [5, 5.41) is 1.38.